The fraction of sp³-hybridized carbons (Fsp3) is 0.947. The minimum atomic E-state index is -0.774. The summed E-state index contributed by atoms with van der Waals surface area (Å²) in [5.41, 5.74) is -1.01. The van der Waals surface area contributed by atoms with E-state index in [2.05, 4.69) is 34.6 Å². The van der Waals surface area contributed by atoms with Gasteiger partial charge in [0.2, 0.25) is 0 Å². The molecule has 0 radical (unpaired) electrons. The van der Waals surface area contributed by atoms with Crippen LogP contribution in [0.2, 0.25) is 0 Å². The van der Waals surface area contributed by atoms with Crippen molar-refractivity contribution < 1.29 is 14.3 Å². The fourth-order valence-corrected chi connectivity index (χ4v) is 4.22. The van der Waals surface area contributed by atoms with E-state index in [1.54, 1.807) is 0 Å². The van der Waals surface area contributed by atoms with Crippen molar-refractivity contribution in [3.63, 3.8) is 0 Å². The Labute approximate surface area is 136 Å². The molecular formula is C19H34O3. The first-order valence-electron chi connectivity index (χ1n) is 9.04. The summed E-state index contributed by atoms with van der Waals surface area (Å²) in [4.78, 5) is 12.8. The average molecular weight is 310 g/mol. The monoisotopic (exact) mass is 310 g/mol. The third kappa shape index (κ3) is 4.04. The molecule has 0 aromatic heterocycles. The third-order valence-electron chi connectivity index (χ3n) is 5.59. The molecule has 2 unspecified atom stereocenters. The number of hydrogen-bond acceptors (Lipinski definition) is 3. The van der Waals surface area contributed by atoms with Crippen LogP contribution in [0.1, 0.15) is 80.1 Å². The Morgan fingerprint density at radius 1 is 1.18 bits per heavy atom. The summed E-state index contributed by atoms with van der Waals surface area (Å²) in [6.07, 6.45) is 6.26. The van der Waals surface area contributed by atoms with Gasteiger partial charge in [-0.1, -0.05) is 27.2 Å². The van der Waals surface area contributed by atoms with Gasteiger partial charge in [0.05, 0.1) is 5.60 Å². The van der Waals surface area contributed by atoms with E-state index in [1.807, 2.05) is 6.92 Å². The first kappa shape index (κ1) is 17.8. The van der Waals surface area contributed by atoms with Gasteiger partial charge in [0.15, 0.2) is 5.60 Å². The largest absolute Gasteiger partial charge is 0.460 e. The highest BCUT2D eigenvalue weighted by Gasteiger charge is 2.46. The van der Waals surface area contributed by atoms with Crippen LogP contribution in [-0.4, -0.2) is 23.3 Å². The van der Waals surface area contributed by atoms with E-state index in [1.165, 1.54) is 12.8 Å². The number of hydrogen-bond donors (Lipinski definition) is 0. The van der Waals surface area contributed by atoms with Gasteiger partial charge in [-0.3, -0.25) is 0 Å². The van der Waals surface area contributed by atoms with Crippen LogP contribution < -0.4 is 0 Å². The molecule has 22 heavy (non-hydrogen) atoms. The SMILES string of the molecule is CC1CC[C@H](C(C)C)C(OC(=O)[C@]2(C)CCCC(C)(C)O2)C1. The van der Waals surface area contributed by atoms with Crippen LogP contribution >= 0.6 is 0 Å². The fourth-order valence-electron chi connectivity index (χ4n) is 4.22. The maximum Gasteiger partial charge on any atom is 0.338 e. The maximum absolute atomic E-state index is 12.8. The second kappa shape index (κ2) is 6.51. The van der Waals surface area contributed by atoms with Crippen LogP contribution in [0, 0.1) is 17.8 Å². The number of rotatable bonds is 3. The van der Waals surface area contributed by atoms with Crippen LogP contribution in [0.4, 0.5) is 0 Å². The molecule has 3 nitrogen and oxygen atoms in total. The second-order valence-electron chi connectivity index (χ2n) is 8.72. The van der Waals surface area contributed by atoms with Crippen LogP contribution in [0.5, 0.6) is 0 Å². The van der Waals surface area contributed by atoms with E-state index in [9.17, 15) is 4.79 Å². The Hall–Kier alpha value is -0.570. The zero-order valence-corrected chi connectivity index (χ0v) is 15.3. The van der Waals surface area contributed by atoms with E-state index in [4.69, 9.17) is 9.47 Å². The highest BCUT2D eigenvalue weighted by molar-refractivity contribution is 5.79. The van der Waals surface area contributed by atoms with Gasteiger partial charge < -0.3 is 9.47 Å². The molecule has 2 aliphatic rings. The van der Waals surface area contributed by atoms with Crippen molar-refractivity contribution in [2.45, 2.75) is 97.4 Å². The number of carbonyl (C=O) groups excluding carboxylic acids is 1. The van der Waals surface area contributed by atoms with Crippen molar-refractivity contribution in [3.05, 3.63) is 0 Å². The maximum atomic E-state index is 12.8. The highest BCUT2D eigenvalue weighted by Crippen LogP contribution is 2.39. The Kier molecular flexibility index (Phi) is 5.26. The zero-order chi connectivity index (χ0) is 16.5. The molecule has 1 aliphatic carbocycles. The van der Waals surface area contributed by atoms with Crippen molar-refractivity contribution in [3.8, 4) is 0 Å². The predicted octanol–water partition coefficient (Wildman–Crippen LogP) is 4.73. The molecule has 0 spiro atoms. The van der Waals surface area contributed by atoms with Gasteiger partial charge >= 0.3 is 5.97 Å². The topological polar surface area (TPSA) is 35.5 Å². The van der Waals surface area contributed by atoms with Crippen LogP contribution in [0.15, 0.2) is 0 Å². The summed E-state index contributed by atoms with van der Waals surface area (Å²) in [6, 6.07) is 0. The number of ether oxygens (including phenoxy) is 2. The molecule has 0 aromatic rings. The molecule has 0 N–H and O–H groups in total. The Bertz CT molecular complexity index is 401. The van der Waals surface area contributed by atoms with Crippen LogP contribution in [0.3, 0.4) is 0 Å². The molecule has 0 bridgehead atoms. The van der Waals surface area contributed by atoms with Gasteiger partial charge in [-0.05, 0) is 70.6 Å². The molecule has 2 rings (SSSR count). The molecule has 1 saturated carbocycles. The molecule has 1 aliphatic heterocycles. The quantitative estimate of drug-likeness (QED) is 0.707. The summed E-state index contributed by atoms with van der Waals surface area (Å²) < 4.78 is 12.1. The second-order valence-corrected chi connectivity index (χ2v) is 8.72. The predicted molar refractivity (Wildman–Crippen MR) is 88.6 cm³/mol. The molecule has 0 amide bonds. The minimum Gasteiger partial charge on any atom is -0.460 e. The lowest BCUT2D eigenvalue weighted by molar-refractivity contribution is -0.211. The van der Waals surface area contributed by atoms with Crippen molar-refractivity contribution in [1.29, 1.82) is 0 Å². The van der Waals surface area contributed by atoms with E-state index < -0.39 is 5.60 Å². The molecule has 3 heteroatoms. The number of esters is 1. The standard InChI is InChI=1S/C19H34O3/c1-13(2)15-9-8-14(3)12-16(15)21-17(20)19(6)11-7-10-18(4,5)22-19/h13-16H,7-12H2,1-6H3/t14?,15-,16?,19+/m1/s1. The summed E-state index contributed by atoms with van der Waals surface area (Å²) in [5.74, 6) is 1.54. The van der Waals surface area contributed by atoms with Gasteiger partial charge in [-0.2, -0.15) is 0 Å². The first-order valence-corrected chi connectivity index (χ1v) is 9.04. The molecule has 0 aromatic carbocycles. The smallest absolute Gasteiger partial charge is 0.338 e. The van der Waals surface area contributed by atoms with Crippen molar-refractivity contribution >= 4 is 5.97 Å². The lowest BCUT2D eigenvalue weighted by Gasteiger charge is -2.43. The molecule has 4 atom stereocenters. The summed E-state index contributed by atoms with van der Waals surface area (Å²) >= 11 is 0. The molecule has 2 fully saturated rings. The van der Waals surface area contributed by atoms with Gasteiger partial charge in [-0.15, -0.1) is 0 Å². The van der Waals surface area contributed by atoms with Crippen molar-refractivity contribution in [2.24, 2.45) is 17.8 Å². The lowest BCUT2D eigenvalue weighted by atomic mass is 9.75. The van der Waals surface area contributed by atoms with Gasteiger partial charge in [-0.25, -0.2) is 4.79 Å². The Morgan fingerprint density at radius 3 is 2.45 bits per heavy atom. The Morgan fingerprint density at radius 2 is 1.86 bits per heavy atom. The van der Waals surface area contributed by atoms with E-state index in [-0.39, 0.29) is 17.7 Å². The molecular weight excluding hydrogens is 276 g/mol. The van der Waals surface area contributed by atoms with E-state index >= 15 is 0 Å². The van der Waals surface area contributed by atoms with Gasteiger partial charge in [0.1, 0.15) is 6.10 Å². The summed E-state index contributed by atoms with van der Waals surface area (Å²) in [5, 5.41) is 0. The van der Waals surface area contributed by atoms with Crippen molar-refractivity contribution in [2.75, 3.05) is 0 Å². The van der Waals surface area contributed by atoms with Gasteiger partial charge in [0.25, 0.3) is 0 Å². The highest BCUT2D eigenvalue weighted by atomic mass is 16.6. The first-order chi connectivity index (χ1) is 10.1. The van der Waals surface area contributed by atoms with Crippen LogP contribution in [0.25, 0.3) is 0 Å². The van der Waals surface area contributed by atoms with E-state index in [0.717, 1.165) is 25.7 Å². The Balaban J connectivity index is 2.05. The normalized spacial score (nSPS) is 38.8. The van der Waals surface area contributed by atoms with E-state index in [0.29, 0.717) is 17.8 Å². The van der Waals surface area contributed by atoms with Gasteiger partial charge in [0, 0.05) is 0 Å². The third-order valence-corrected chi connectivity index (χ3v) is 5.59. The summed E-state index contributed by atoms with van der Waals surface area (Å²) in [7, 11) is 0. The minimum absolute atomic E-state index is 0.0571. The average Bonchev–Trinajstić information content (AvgIpc) is 2.36. The van der Waals surface area contributed by atoms with Crippen molar-refractivity contribution in [1.82, 2.24) is 0 Å². The lowest BCUT2D eigenvalue weighted by Crippen LogP contribution is -2.51. The molecule has 1 saturated heterocycles. The van der Waals surface area contributed by atoms with Crippen LogP contribution in [-0.2, 0) is 14.3 Å². The summed E-state index contributed by atoms with van der Waals surface area (Å²) in [6.45, 7) is 12.8. The zero-order valence-electron chi connectivity index (χ0n) is 15.3. The number of carbonyl (C=O) groups is 1. The molecule has 1 heterocycles. The molecule has 128 valence electrons.